The zero-order valence-electron chi connectivity index (χ0n) is 9.93. The highest BCUT2D eigenvalue weighted by molar-refractivity contribution is 6.68. The Bertz CT molecular complexity index is 400. The molecule has 0 aromatic carbocycles. The lowest BCUT2D eigenvalue weighted by Gasteiger charge is -2.05. The molecule has 0 rings (SSSR count). The van der Waals surface area contributed by atoms with Gasteiger partial charge in [0, 0.05) is 0 Å². The quantitative estimate of drug-likeness (QED) is 0.112. The van der Waals surface area contributed by atoms with Crippen LogP contribution in [-0.4, -0.2) is 50.3 Å². The van der Waals surface area contributed by atoms with E-state index in [1.54, 1.807) is 0 Å². The fourth-order valence-electron chi connectivity index (χ4n) is 0.698. The van der Waals surface area contributed by atoms with Gasteiger partial charge in [-0.15, -0.1) is 0 Å². The number of nitrogens with zero attached hydrogens (tertiary/aromatic N) is 1. The van der Waals surface area contributed by atoms with Crippen molar-refractivity contribution >= 4 is 43.1 Å². The van der Waals surface area contributed by atoms with Crippen LogP contribution < -0.4 is 0 Å². The fraction of sp³-hybridized carbons (Fsp3) is 0.333. The van der Waals surface area contributed by atoms with E-state index >= 15 is 0 Å². The second kappa shape index (κ2) is 9.09. The van der Waals surface area contributed by atoms with E-state index in [0.717, 1.165) is 8.05 Å². The Balaban J connectivity index is 4.80. The van der Waals surface area contributed by atoms with Crippen molar-refractivity contribution in [1.29, 1.82) is 0 Å². The summed E-state index contributed by atoms with van der Waals surface area (Å²) in [5.74, 6) is -3.50. The van der Waals surface area contributed by atoms with E-state index in [-0.39, 0.29) is 6.61 Å². The van der Waals surface area contributed by atoms with Crippen molar-refractivity contribution in [3.8, 4) is 0 Å². The number of carbonyl (C=O) groups excluding carboxylic acids is 3. The zero-order chi connectivity index (χ0) is 14.8. The van der Waals surface area contributed by atoms with Crippen LogP contribution in [0.4, 0.5) is 4.39 Å². The predicted molar refractivity (Wildman–Crippen MR) is 64.9 cm³/mol. The van der Waals surface area contributed by atoms with Crippen molar-refractivity contribution in [2.24, 2.45) is 5.16 Å². The molecular formula is C9H10BClFNO6. The Morgan fingerprint density at radius 3 is 2.58 bits per heavy atom. The average Bonchev–Trinajstić information content (AvgIpc) is 2.39. The summed E-state index contributed by atoms with van der Waals surface area (Å²) in [7, 11) is 1.09. The van der Waals surface area contributed by atoms with E-state index < -0.39 is 35.7 Å². The smallest absolute Gasteiger partial charge is 0.364 e. The first-order valence-electron chi connectivity index (χ1n) is 4.81. The van der Waals surface area contributed by atoms with Gasteiger partial charge in [0.2, 0.25) is 23.7 Å². The summed E-state index contributed by atoms with van der Waals surface area (Å²) >= 11 is 4.90. The molecule has 0 aromatic rings. The second-order valence-corrected chi connectivity index (χ2v) is 3.22. The highest BCUT2D eigenvalue weighted by Crippen LogP contribution is 2.03. The van der Waals surface area contributed by atoms with Crippen molar-refractivity contribution in [3.63, 3.8) is 0 Å². The third kappa shape index (κ3) is 6.56. The number of esters is 1. The van der Waals surface area contributed by atoms with Crippen LogP contribution in [0.3, 0.4) is 0 Å². The van der Waals surface area contributed by atoms with Crippen LogP contribution in [0.5, 0.6) is 0 Å². The van der Waals surface area contributed by atoms with Crippen molar-refractivity contribution in [3.05, 3.63) is 12.7 Å². The molecule has 0 N–H and O–H groups in total. The molecule has 0 saturated carbocycles. The Hall–Kier alpha value is -1.90. The molecule has 0 fully saturated rings. The standard InChI is InChI=1S/C9H10BClFNO6/c1-2-3-17-9(16)6(7(15)8(11)12)13-18-4-5(14)19-10/h2,8H,1,3-4,10H2/b13-6-. The Kier molecular flexibility index (Phi) is 8.18. The van der Waals surface area contributed by atoms with E-state index in [1.165, 1.54) is 6.08 Å². The molecule has 0 bridgehead atoms. The van der Waals surface area contributed by atoms with Gasteiger partial charge in [0.05, 0.1) is 0 Å². The van der Waals surface area contributed by atoms with Gasteiger partial charge in [-0.05, 0) is 0 Å². The summed E-state index contributed by atoms with van der Waals surface area (Å²) < 4.78 is 21.3. The predicted octanol–water partition coefficient (Wildman–Crippen LogP) is -0.717. The Morgan fingerprint density at radius 2 is 2.11 bits per heavy atom. The van der Waals surface area contributed by atoms with Gasteiger partial charge in [0.15, 0.2) is 0 Å². The number of rotatable bonds is 8. The highest BCUT2D eigenvalue weighted by atomic mass is 35.5. The monoisotopic (exact) mass is 293 g/mol. The van der Waals surface area contributed by atoms with E-state index in [9.17, 15) is 18.8 Å². The van der Waals surface area contributed by atoms with Gasteiger partial charge in [-0.2, -0.15) is 0 Å². The van der Waals surface area contributed by atoms with Gasteiger partial charge in [-0.1, -0.05) is 29.4 Å². The molecule has 0 spiro atoms. The number of Topliss-reactive ketones (excluding diaryl/α,β-unsaturated/α-hetero) is 1. The van der Waals surface area contributed by atoms with Crippen molar-refractivity contribution in [2.75, 3.05) is 13.2 Å². The molecule has 1 unspecified atom stereocenters. The number of ether oxygens (including phenoxy) is 1. The van der Waals surface area contributed by atoms with Crippen LogP contribution in [0, 0.1) is 0 Å². The van der Waals surface area contributed by atoms with Gasteiger partial charge in [-0.25, -0.2) is 14.0 Å². The van der Waals surface area contributed by atoms with Gasteiger partial charge < -0.3 is 14.2 Å². The molecule has 0 amide bonds. The summed E-state index contributed by atoms with van der Waals surface area (Å²) in [6.07, 6.45) is 1.23. The molecule has 0 saturated heterocycles. The summed E-state index contributed by atoms with van der Waals surface area (Å²) in [5, 5.41) is 3.02. The minimum absolute atomic E-state index is 0.221. The largest absolute Gasteiger partial charge is 0.541 e. The van der Waals surface area contributed by atoms with Crippen molar-refractivity contribution in [1.82, 2.24) is 0 Å². The summed E-state index contributed by atoms with van der Waals surface area (Å²) in [5.41, 5.74) is -3.50. The number of alkyl halides is 2. The first kappa shape index (κ1) is 17.1. The minimum Gasteiger partial charge on any atom is -0.541 e. The minimum atomic E-state index is -2.49. The molecule has 10 heteroatoms. The Labute approximate surface area is 113 Å². The van der Waals surface area contributed by atoms with E-state index in [0.29, 0.717) is 0 Å². The highest BCUT2D eigenvalue weighted by Gasteiger charge is 2.29. The molecule has 0 radical (unpaired) electrons. The van der Waals surface area contributed by atoms with Crippen LogP contribution in [-0.2, 0) is 28.6 Å². The normalized spacial score (nSPS) is 12.2. The van der Waals surface area contributed by atoms with Gasteiger partial charge in [-0.3, -0.25) is 4.79 Å². The molecule has 0 aliphatic heterocycles. The fourth-order valence-corrected chi connectivity index (χ4v) is 0.801. The summed E-state index contributed by atoms with van der Waals surface area (Å²) in [6, 6.07) is 0. The zero-order valence-corrected chi connectivity index (χ0v) is 10.7. The summed E-state index contributed by atoms with van der Waals surface area (Å²) in [4.78, 5) is 37.7. The van der Waals surface area contributed by atoms with Crippen LogP contribution in [0.25, 0.3) is 0 Å². The third-order valence-corrected chi connectivity index (χ3v) is 1.72. The average molecular weight is 293 g/mol. The number of carbonyl (C=O) groups is 3. The number of oxime groups is 1. The van der Waals surface area contributed by atoms with Gasteiger partial charge in [0.1, 0.15) is 6.61 Å². The molecule has 19 heavy (non-hydrogen) atoms. The van der Waals surface area contributed by atoms with Crippen LogP contribution >= 0.6 is 11.6 Å². The molecule has 0 aliphatic rings. The molecule has 1 atom stereocenters. The van der Waals surface area contributed by atoms with Crippen LogP contribution in [0.15, 0.2) is 17.8 Å². The lowest BCUT2D eigenvalue weighted by atomic mass is 10.2. The van der Waals surface area contributed by atoms with E-state index in [4.69, 9.17) is 11.6 Å². The lowest BCUT2D eigenvalue weighted by Crippen LogP contribution is -2.31. The second-order valence-electron chi connectivity index (χ2n) is 2.84. The van der Waals surface area contributed by atoms with Crippen molar-refractivity contribution in [2.45, 2.75) is 5.63 Å². The maximum atomic E-state index is 12.6. The third-order valence-electron chi connectivity index (χ3n) is 1.52. The number of halogens is 2. The van der Waals surface area contributed by atoms with Crippen LogP contribution in [0.2, 0.25) is 0 Å². The molecule has 7 nitrogen and oxygen atoms in total. The molecule has 104 valence electrons. The van der Waals surface area contributed by atoms with Gasteiger partial charge in [0.25, 0.3) is 0 Å². The number of hydrogen-bond acceptors (Lipinski definition) is 7. The van der Waals surface area contributed by atoms with E-state index in [1.807, 2.05) is 0 Å². The maximum absolute atomic E-state index is 12.6. The number of ketones is 1. The maximum Gasteiger partial charge on any atom is 0.364 e. The molecule has 0 aromatic heterocycles. The SMILES string of the molecule is BOC(=O)CO/N=C(\C(=O)OCC=C)C(=O)C(F)Cl. The number of hydrogen-bond donors (Lipinski definition) is 0. The molecule has 0 aliphatic carbocycles. The Morgan fingerprint density at radius 1 is 1.47 bits per heavy atom. The summed E-state index contributed by atoms with van der Waals surface area (Å²) in [6.45, 7) is 2.39. The molecule has 0 heterocycles. The topological polar surface area (TPSA) is 91.3 Å². The van der Waals surface area contributed by atoms with E-state index in [2.05, 4.69) is 26.0 Å². The van der Waals surface area contributed by atoms with Crippen LogP contribution in [0.1, 0.15) is 0 Å². The van der Waals surface area contributed by atoms with Gasteiger partial charge >= 0.3 is 20.0 Å². The van der Waals surface area contributed by atoms with Crippen molar-refractivity contribution < 1.29 is 33.0 Å². The first-order chi connectivity index (χ1) is 8.93. The first-order valence-corrected chi connectivity index (χ1v) is 5.24. The molecular weight excluding hydrogens is 283 g/mol. The lowest BCUT2D eigenvalue weighted by molar-refractivity contribution is -0.140.